The van der Waals surface area contributed by atoms with Gasteiger partial charge >= 0.3 is 0 Å². The molecule has 9 heterocycles. The zero-order valence-electron chi connectivity index (χ0n) is 82.0. The molecule has 0 unspecified atom stereocenters. The van der Waals surface area contributed by atoms with Crippen molar-refractivity contribution in [2.75, 3.05) is 0 Å². The number of benzene rings is 20. The van der Waals surface area contributed by atoms with Crippen LogP contribution in [0, 0.1) is 0 Å². The summed E-state index contributed by atoms with van der Waals surface area (Å²) in [5.41, 5.74) is 32.3. The summed E-state index contributed by atoms with van der Waals surface area (Å²) in [5, 5.41) is 13.6. The maximum atomic E-state index is 6.54. The molecule has 0 atom stereocenters. The summed E-state index contributed by atoms with van der Waals surface area (Å²) in [7, 11) is 0. The Labute approximate surface area is 865 Å². The standard InChI is InChI=1S/C51H36N4S.C45H28N4O.C39H24N4O/c1-50(2)38-17-9-5-13-31(38)33-23-21-29(27-40(33)50)47-52-48(30-22-24-34-32-14-6-10-18-39(32)51(3,4)41(34)28-30)54-49(53-47)55-42-19-11-7-16-37(42)45-43(55)26-25-36-35-15-8-12-20-44(35)56-46(36)45;1-3-11-29(12-4-1)31-19-23-33(24-20-31)43-46-44(34-25-21-32(22-26-34)30-13-5-2-6-14-30)48-45(47-43)49-38-17-9-7-16-37(38)41-39(49)28-27-36-35-15-8-10-18-40(35)50-42(36)41;1-3-11-25(12-4-1)26-19-21-28(22-20-26)38-40-37(27-13-5-2-6-14-27)41-39(42-38)43-32-17-9-7-16-31(32)35-33(43)24-23-30-29-15-8-10-18-34(29)44-36(30)35/h5-28H,1-4H3;1-28H;1-24H. The van der Waals surface area contributed by atoms with Crippen molar-refractivity contribution in [2.45, 2.75) is 38.5 Å². The fourth-order valence-electron chi connectivity index (χ4n) is 23.1. The number of nitrogens with zero attached hydrogens (tertiary/aromatic N) is 12. The predicted molar refractivity (Wildman–Crippen MR) is 614 cm³/mol. The van der Waals surface area contributed by atoms with Crippen molar-refractivity contribution in [3.63, 3.8) is 0 Å². The van der Waals surface area contributed by atoms with Crippen LogP contribution in [-0.4, -0.2) is 58.6 Å². The first-order chi connectivity index (χ1) is 73.9. The third kappa shape index (κ3) is 14.2. The third-order valence-corrected chi connectivity index (χ3v) is 31.7. The topological polar surface area (TPSA) is 157 Å². The van der Waals surface area contributed by atoms with E-state index in [0.29, 0.717) is 52.8 Å². The van der Waals surface area contributed by atoms with Gasteiger partial charge in [0.25, 0.3) is 0 Å². The van der Waals surface area contributed by atoms with E-state index in [4.69, 9.17) is 53.7 Å². The monoisotopic (exact) mass is 1940 g/mol. The van der Waals surface area contributed by atoms with E-state index in [2.05, 4.69) is 430 Å². The van der Waals surface area contributed by atoms with E-state index < -0.39 is 0 Å². The van der Waals surface area contributed by atoms with Gasteiger partial charge in [-0.05, 0) is 157 Å². The van der Waals surface area contributed by atoms with Gasteiger partial charge in [0.05, 0.1) is 43.9 Å². The Hall–Kier alpha value is -19.4. The van der Waals surface area contributed by atoms with Crippen molar-refractivity contribution in [3.8, 4) is 142 Å². The second kappa shape index (κ2) is 34.7. The fraction of sp³-hybridized carbons (Fsp3) is 0.0444. The minimum atomic E-state index is -0.149. The van der Waals surface area contributed by atoms with Crippen LogP contribution in [-0.2, 0) is 10.8 Å². The molecule has 2 aliphatic rings. The van der Waals surface area contributed by atoms with Crippen LogP contribution in [0.3, 0.4) is 0 Å². The molecule has 0 saturated carbocycles. The Balaban J connectivity index is 0.000000106. The number of fused-ring (bicyclic) bond motifs is 27. The van der Waals surface area contributed by atoms with Gasteiger partial charge in [-0.25, -0.2) is 15.0 Å². The van der Waals surface area contributed by atoms with Gasteiger partial charge < -0.3 is 8.83 Å². The Morgan fingerprint density at radius 2 is 0.467 bits per heavy atom. The highest BCUT2D eigenvalue weighted by atomic mass is 32.1. The fourth-order valence-corrected chi connectivity index (χ4v) is 24.4. The predicted octanol–water partition coefficient (Wildman–Crippen LogP) is 34.7. The number of rotatable bonds is 12. The van der Waals surface area contributed by atoms with Crippen LogP contribution >= 0.6 is 11.3 Å². The summed E-state index contributed by atoms with van der Waals surface area (Å²) in [6.07, 6.45) is 0. The van der Waals surface area contributed by atoms with Crippen molar-refractivity contribution in [1.29, 1.82) is 0 Å². The van der Waals surface area contributed by atoms with Crippen LogP contribution in [0.5, 0.6) is 0 Å². The Morgan fingerprint density at radius 3 is 0.860 bits per heavy atom. The van der Waals surface area contributed by atoms with Crippen molar-refractivity contribution in [1.82, 2.24) is 58.6 Å². The van der Waals surface area contributed by atoms with Crippen LogP contribution in [0.1, 0.15) is 49.9 Å². The van der Waals surface area contributed by atoms with Crippen LogP contribution in [0.4, 0.5) is 0 Å². The molecule has 706 valence electrons. The lowest BCUT2D eigenvalue weighted by Crippen LogP contribution is -2.15. The molecule has 0 spiro atoms. The maximum absolute atomic E-state index is 6.54. The highest BCUT2D eigenvalue weighted by Crippen LogP contribution is 2.54. The lowest BCUT2D eigenvalue weighted by atomic mass is 9.82. The van der Waals surface area contributed by atoms with E-state index in [9.17, 15) is 0 Å². The lowest BCUT2D eigenvalue weighted by molar-refractivity contribution is 0.660. The summed E-state index contributed by atoms with van der Waals surface area (Å²) in [6.45, 7) is 9.29. The molecule has 15 heteroatoms. The van der Waals surface area contributed by atoms with E-state index in [-0.39, 0.29) is 10.8 Å². The zero-order valence-corrected chi connectivity index (χ0v) is 82.8. The molecule has 2 aliphatic carbocycles. The number of aromatic nitrogens is 12. The maximum Gasteiger partial charge on any atom is 0.238 e. The van der Waals surface area contributed by atoms with Crippen molar-refractivity contribution >= 4 is 141 Å². The normalized spacial score (nSPS) is 12.8. The number of thiophene rings is 1. The molecule has 0 radical (unpaired) electrons. The third-order valence-electron chi connectivity index (χ3n) is 30.5. The Morgan fingerprint density at radius 1 is 0.193 bits per heavy atom. The van der Waals surface area contributed by atoms with Gasteiger partial charge in [-0.15, -0.1) is 11.3 Å². The number of hydrogen-bond acceptors (Lipinski definition) is 12. The molecule has 0 aliphatic heterocycles. The molecule has 0 N–H and O–H groups in total. The summed E-state index contributed by atoms with van der Waals surface area (Å²) in [6, 6.07) is 161. The molecule has 14 nitrogen and oxygen atoms in total. The van der Waals surface area contributed by atoms with Crippen LogP contribution in [0.25, 0.3) is 271 Å². The SMILES string of the molecule is CC1(C)c2ccccc2-c2ccc(-c3nc(-c4ccc5c(c4)C(C)(C)c4ccccc4-5)nc(-n4c5ccccc5c5c6sc7ccccc7c6ccc54)n3)cc21.c1ccc(-c2ccc(-c3nc(-c4ccc(-c5ccccc5)cc4)nc(-n4c5ccccc5c5c6oc7ccccc7c6ccc54)n3)cc2)cc1.c1ccc(-c2ccc(-c3nc(-c4ccccc4)nc(-n4c5ccccc5c5c6oc7ccccc7c6ccc54)n3)cc2)cc1. The van der Waals surface area contributed by atoms with E-state index in [1.165, 1.54) is 81.0 Å². The van der Waals surface area contributed by atoms with Crippen molar-refractivity contribution in [2.24, 2.45) is 0 Å². The minimum absolute atomic E-state index is 0.149. The number of furan rings is 2. The van der Waals surface area contributed by atoms with E-state index in [0.717, 1.165) is 160 Å². The molecule has 29 aromatic rings. The molecule has 150 heavy (non-hydrogen) atoms. The molecule has 20 aromatic carbocycles. The molecular formula is C135H88N12O2S. The minimum Gasteiger partial charge on any atom is -0.455 e. The molecule has 9 aromatic heterocycles. The summed E-state index contributed by atoms with van der Waals surface area (Å²) in [4.78, 5) is 46.7. The van der Waals surface area contributed by atoms with Crippen LogP contribution in [0.15, 0.2) is 470 Å². The zero-order chi connectivity index (χ0) is 99.6. The molecule has 31 rings (SSSR count). The molecule has 0 bridgehead atoms. The van der Waals surface area contributed by atoms with E-state index in [1.54, 1.807) is 0 Å². The highest BCUT2D eigenvalue weighted by Gasteiger charge is 2.39. The van der Waals surface area contributed by atoms with Gasteiger partial charge in [0, 0.05) is 107 Å². The molecule has 0 saturated heterocycles. The van der Waals surface area contributed by atoms with E-state index >= 15 is 0 Å². The molecular weight excluding hydrogens is 1850 g/mol. The highest BCUT2D eigenvalue weighted by molar-refractivity contribution is 7.26. The quantitative estimate of drug-likeness (QED) is 0.115. The smallest absolute Gasteiger partial charge is 0.238 e. The summed E-state index contributed by atoms with van der Waals surface area (Å²) >= 11 is 1.86. The van der Waals surface area contributed by atoms with Crippen LogP contribution in [0.2, 0.25) is 0 Å². The Kier molecular flexibility index (Phi) is 20.2. The summed E-state index contributed by atoms with van der Waals surface area (Å²) < 4.78 is 22.1. The van der Waals surface area contributed by atoms with Crippen molar-refractivity contribution in [3.05, 3.63) is 483 Å². The van der Waals surface area contributed by atoms with E-state index in [1.807, 2.05) is 84.1 Å². The Bertz CT molecular complexity index is 10300. The van der Waals surface area contributed by atoms with Gasteiger partial charge in [0.1, 0.15) is 22.3 Å². The average molecular weight is 1940 g/mol. The first-order valence-electron chi connectivity index (χ1n) is 50.7. The second-order valence-electron chi connectivity index (χ2n) is 39.8. The van der Waals surface area contributed by atoms with Gasteiger partial charge in [-0.2, -0.15) is 29.9 Å². The average Bonchev–Trinajstić information content (AvgIpc) is 1.56. The van der Waals surface area contributed by atoms with Crippen LogP contribution < -0.4 is 0 Å². The molecule has 0 amide bonds. The summed E-state index contributed by atoms with van der Waals surface area (Å²) in [5.74, 6) is 5.49. The number of para-hydroxylation sites is 5. The second-order valence-corrected chi connectivity index (χ2v) is 40.8. The first-order valence-corrected chi connectivity index (χ1v) is 51.5. The van der Waals surface area contributed by atoms with Gasteiger partial charge in [-0.3, -0.25) is 13.7 Å². The first kappa shape index (κ1) is 87.3. The number of hydrogen-bond donors (Lipinski definition) is 0. The van der Waals surface area contributed by atoms with Gasteiger partial charge in [0.2, 0.25) is 17.8 Å². The molecule has 0 fully saturated rings. The lowest BCUT2D eigenvalue weighted by Gasteiger charge is -2.22. The van der Waals surface area contributed by atoms with Gasteiger partial charge in [-0.1, -0.05) is 410 Å². The van der Waals surface area contributed by atoms with Gasteiger partial charge in [0.15, 0.2) is 34.9 Å². The largest absolute Gasteiger partial charge is 0.455 e. The van der Waals surface area contributed by atoms with Crippen molar-refractivity contribution < 1.29 is 8.83 Å².